The summed E-state index contributed by atoms with van der Waals surface area (Å²) in [5.74, 6) is 0.219. The van der Waals surface area contributed by atoms with E-state index in [-0.39, 0.29) is 6.61 Å². The summed E-state index contributed by atoms with van der Waals surface area (Å²) < 4.78 is 10.5. The average molecular weight is 330 g/mol. The molecule has 0 aliphatic rings. The van der Waals surface area contributed by atoms with Crippen LogP contribution in [0.1, 0.15) is 27.4 Å². The number of carbonyl (C=O) groups excluding carboxylic acids is 2. The summed E-state index contributed by atoms with van der Waals surface area (Å²) in [6.45, 7) is 4.92. The monoisotopic (exact) mass is 330 g/mol. The van der Waals surface area contributed by atoms with Crippen LogP contribution in [0.2, 0.25) is 0 Å². The number of esters is 1. The maximum atomic E-state index is 12.1. The number of ether oxygens (including phenoxy) is 1. The van der Waals surface area contributed by atoms with Crippen LogP contribution in [0.15, 0.2) is 28.7 Å². The minimum Gasteiger partial charge on any atom is -0.465 e. The molecule has 2 rings (SSSR count). The molecule has 6 nitrogen and oxygen atoms in total. The van der Waals surface area contributed by atoms with E-state index in [0.717, 1.165) is 11.3 Å². The molecule has 1 heterocycles. The Morgan fingerprint density at radius 2 is 1.71 bits per heavy atom. The predicted molar refractivity (Wildman–Crippen MR) is 92.6 cm³/mol. The lowest BCUT2D eigenvalue weighted by Crippen LogP contribution is -2.21. The lowest BCUT2D eigenvalue weighted by atomic mass is 10.1. The van der Waals surface area contributed by atoms with Crippen LogP contribution in [0.5, 0.6) is 0 Å². The zero-order valence-corrected chi connectivity index (χ0v) is 14.6. The standard InChI is InChI=1S/C18H22N2O4/c1-11-12(2)24-13(3)17(11)18(22)23-10-16(21)19-14-6-8-15(9-7-14)20(4)5/h6-9H,10H2,1-5H3,(H,19,21). The van der Waals surface area contributed by atoms with E-state index < -0.39 is 11.9 Å². The minimum absolute atomic E-state index is 0.350. The molecule has 1 N–H and O–H groups in total. The van der Waals surface area contributed by atoms with Gasteiger partial charge >= 0.3 is 5.97 Å². The van der Waals surface area contributed by atoms with Gasteiger partial charge in [0.1, 0.15) is 17.1 Å². The summed E-state index contributed by atoms with van der Waals surface area (Å²) in [5, 5.41) is 2.69. The van der Waals surface area contributed by atoms with Crippen molar-refractivity contribution >= 4 is 23.3 Å². The van der Waals surface area contributed by atoms with Gasteiger partial charge in [0.05, 0.1) is 0 Å². The fourth-order valence-corrected chi connectivity index (χ4v) is 2.34. The van der Waals surface area contributed by atoms with Crippen molar-refractivity contribution in [2.75, 3.05) is 30.9 Å². The van der Waals surface area contributed by atoms with E-state index in [1.165, 1.54) is 0 Å². The number of rotatable bonds is 5. The molecule has 1 amide bonds. The van der Waals surface area contributed by atoms with Gasteiger partial charge in [-0.15, -0.1) is 0 Å². The third-order valence-electron chi connectivity index (χ3n) is 3.77. The third-order valence-corrected chi connectivity index (χ3v) is 3.77. The third kappa shape index (κ3) is 3.95. The molecule has 128 valence electrons. The van der Waals surface area contributed by atoms with E-state index in [2.05, 4.69) is 5.32 Å². The highest BCUT2D eigenvalue weighted by Crippen LogP contribution is 2.21. The molecule has 0 saturated heterocycles. The first kappa shape index (κ1) is 17.6. The molecule has 6 heteroatoms. The van der Waals surface area contributed by atoms with E-state index in [4.69, 9.17) is 9.15 Å². The molecule has 24 heavy (non-hydrogen) atoms. The molecule has 0 bridgehead atoms. The maximum Gasteiger partial charge on any atom is 0.342 e. The number of nitrogens with one attached hydrogen (secondary N) is 1. The second-order valence-corrected chi connectivity index (χ2v) is 5.78. The van der Waals surface area contributed by atoms with Crippen molar-refractivity contribution in [3.8, 4) is 0 Å². The van der Waals surface area contributed by atoms with Crippen molar-refractivity contribution in [1.82, 2.24) is 0 Å². The number of benzene rings is 1. The van der Waals surface area contributed by atoms with Crippen LogP contribution >= 0.6 is 0 Å². The fourth-order valence-electron chi connectivity index (χ4n) is 2.34. The Morgan fingerprint density at radius 1 is 1.08 bits per heavy atom. The molecule has 0 unspecified atom stereocenters. The van der Waals surface area contributed by atoms with E-state index in [9.17, 15) is 9.59 Å². The average Bonchev–Trinajstić information content (AvgIpc) is 2.78. The number of hydrogen-bond donors (Lipinski definition) is 1. The number of amides is 1. The zero-order chi connectivity index (χ0) is 17.9. The van der Waals surface area contributed by atoms with Gasteiger partial charge in [-0.1, -0.05) is 0 Å². The van der Waals surface area contributed by atoms with Crippen LogP contribution < -0.4 is 10.2 Å². The van der Waals surface area contributed by atoms with Crippen LogP contribution in [0.3, 0.4) is 0 Å². The van der Waals surface area contributed by atoms with Gasteiger partial charge in [0.25, 0.3) is 5.91 Å². The number of furan rings is 1. The Hall–Kier alpha value is -2.76. The minimum atomic E-state index is -0.556. The Labute approximate surface area is 141 Å². The van der Waals surface area contributed by atoms with Crippen LogP contribution in [-0.2, 0) is 9.53 Å². The summed E-state index contributed by atoms with van der Waals surface area (Å²) in [4.78, 5) is 26.0. The zero-order valence-electron chi connectivity index (χ0n) is 14.6. The highest BCUT2D eigenvalue weighted by molar-refractivity contribution is 5.96. The Morgan fingerprint density at radius 3 is 2.21 bits per heavy atom. The second kappa shape index (κ2) is 7.21. The van der Waals surface area contributed by atoms with E-state index in [0.29, 0.717) is 22.8 Å². The molecule has 1 aromatic carbocycles. The molecule has 0 fully saturated rings. The number of anilines is 2. The molecule has 1 aromatic heterocycles. The highest BCUT2D eigenvalue weighted by atomic mass is 16.5. The Balaban J connectivity index is 1.92. The fraction of sp³-hybridized carbons (Fsp3) is 0.333. The molecule has 0 aliphatic carbocycles. The number of nitrogens with zero attached hydrogens (tertiary/aromatic N) is 1. The Bertz CT molecular complexity index is 745. The van der Waals surface area contributed by atoms with Gasteiger partial charge in [-0.3, -0.25) is 4.79 Å². The quantitative estimate of drug-likeness (QED) is 0.853. The van der Waals surface area contributed by atoms with Crippen LogP contribution in [0, 0.1) is 20.8 Å². The van der Waals surface area contributed by atoms with Crippen LogP contribution in [-0.4, -0.2) is 32.6 Å². The lowest BCUT2D eigenvalue weighted by molar-refractivity contribution is -0.119. The van der Waals surface area contributed by atoms with E-state index in [1.54, 1.807) is 32.9 Å². The number of hydrogen-bond acceptors (Lipinski definition) is 5. The summed E-state index contributed by atoms with van der Waals surface area (Å²) in [6, 6.07) is 7.37. The van der Waals surface area contributed by atoms with Gasteiger partial charge in [-0.05, 0) is 45.0 Å². The van der Waals surface area contributed by atoms with Gasteiger partial charge in [0, 0.05) is 31.0 Å². The highest BCUT2D eigenvalue weighted by Gasteiger charge is 2.20. The van der Waals surface area contributed by atoms with Crippen molar-refractivity contribution in [2.45, 2.75) is 20.8 Å². The largest absolute Gasteiger partial charge is 0.465 e. The van der Waals surface area contributed by atoms with Crippen molar-refractivity contribution in [2.24, 2.45) is 0 Å². The molecule has 0 spiro atoms. The molecule has 0 saturated carbocycles. The van der Waals surface area contributed by atoms with Crippen molar-refractivity contribution in [3.63, 3.8) is 0 Å². The maximum absolute atomic E-state index is 12.1. The summed E-state index contributed by atoms with van der Waals surface area (Å²) >= 11 is 0. The van der Waals surface area contributed by atoms with Crippen molar-refractivity contribution in [1.29, 1.82) is 0 Å². The molecule has 0 aliphatic heterocycles. The van der Waals surface area contributed by atoms with Gasteiger partial charge in [-0.2, -0.15) is 0 Å². The number of aryl methyl sites for hydroxylation is 2. The van der Waals surface area contributed by atoms with Crippen molar-refractivity contribution in [3.05, 3.63) is 46.9 Å². The second-order valence-electron chi connectivity index (χ2n) is 5.78. The number of carbonyl (C=O) groups is 2. The van der Waals surface area contributed by atoms with Crippen LogP contribution in [0.4, 0.5) is 11.4 Å². The van der Waals surface area contributed by atoms with Gasteiger partial charge in [0.15, 0.2) is 6.61 Å². The molecular formula is C18H22N2O4. The van der Waals surface area contributed by atoms with E-state index in [1.807, 2.05) is 31.1 Å². The first-order valence-electron chi connectivity index (χ1n) is 7.60. The lowest BCUT2D eigenvalue weighted by Gasteiger charge is -2.13. The molecule has 2 aromatic rings. The summed E-state index contributed by atoms with van der Waals surface area (Å²) in [5.41, 5.74) is 2.79. The van der Waals surface area contributed by atoms with Gasteiger partial charge in [0.2, 0.25) is 0 Å². The normalized spacial score (nSPS) is 10.4. The first-order chi connectivity index (χ1) is 11.3. The SMILES string of the molecule is Cc1oc(C)c(C(=O)OCC(=O)Nc2ccc(N(C)C)cc2)c1C. The van der Waals surface area contributed by atoms with E-state index >= 15 is 0 Å². The predicted octanol–water partition coefficient (Wildman–Crippen LogP) is 3.07. The molecular weight excluding hydrogens is 308 g/mol. The van der Waals surface area contributed by atoms with Gasteiger partial charge < -0.3 is 19.4 Å². The first-order valence-corrected chi connectivity index (χ1v) is 7.60. The van der Waals surface area contributed by atoms with Crippen LogP contribution in [0.25, 0.3) is 0 Å². The smallest absolute Gasteiger partial charge is 0.342 e. The Kier molecular flexibility index (Phi) is 5.28. The topological polar surface area (TPSA) is 71.8 Å². The van der Waals surface area contributed by atoms with Gasteiger partial charge in [-0.25, -0.2) is 4.79 Å². The van der Waals surface area contributed by atoms with Crippen molar-refractivity contribution < 1.29 is 18.7 Å². The summed E-state index contributed by atoms with van der Waals surface area (Å²) in [7, 11) is 3.88. The summed E-state index contributed by atoms with van der Waals surface area (Å²) in [6.07, 6.45) is 0. The molecule has 0 radical (unpaired) electrons. The molecule has 0 atom stereocenters.